The summed E-state index contributed by atoms with van der Waals surface area (Å²) in [4.78, 5) is 21.2. The number of para-hydroxylation sites is 2. The number of imidazole rings is 1. The van der Waals surface area contributed by atoms with Crippen LogP contribution in [0, 0.1) is 5.92 Å². The van der Waals surface area contributed by atoms with Crippen LogP contribution in [0.4, 0.5) is 0 Å². The third kappa shape index (κ3) is 3.56. The van der Waals surface area contributed by atoms with E-state index in [0.717, 1.165) is 38.1 Å². The first-order valence-corrected chi connectivity index (χ1v) is 9.63. The Morgan fingerprint density at radius 1 is 1.16 bits per heavy atom. The molecule has 1 unspecified atom stereocenters. The summed E-state index contributed by atoms with van der Waals surface area (Å²) in [5.41, 5.74) is 2.33. The molecule has 2 aromatic rings. The van der Waals surface area contributed by atoms with Gasteiger partial charge in [-0.25, -0.2) is 4.98 Å². The van der Waals surface area contributed by atoms with E-state index in [-0.39, 0.29) is 5.91 Å². The fourth-order valence-electron chi connectivity index (χ4n) is 4.35. The van der Waals surface area contributed by atoms with Gasteiger partial charge in [-0.1, -0.05) is 12.1 Å². The van der Waals surface area contributed by atoms with Crippen molar-refractivity contribution < 1.29 is 4.79 Å². The lowest BCUT2D eigenvalue weighted by atomic mass is 9.97. The number of aromatic nitrogens is 2. The van der Waals surface area contributed by atoms with Crippen molar-refractivity contribution in [2.75, 3.05) is 26.2 Å². The Hall–Kier alpha value is -1.88. The molecule has 0 aliphatic carbocycles. The maximum atomic E-state index is 11.8. The fourth-order valence-corrected chi connectivity index (χ4v) is 4.35. The number of amides is 1. The van der Waals surface area contributed by atoms with E-state index in [1.54, 1.807) is 6.92 Å². The second kappa shape index (κ2) is 7.16. The van der Waals surface area contributed by atoms with Crippen LogP contribution in [0.25, 0.3) is 11.0 Å². The summed E-state index contributed by atoms with van der Waals surface area (Å²) < 4.78 is 2.42. The van der Waals surface area contributed by atoms with Gasteiger partial charge in [-0.05, 0) is 56.8 Å². The van der Waals surface area contributed by atoms with Crippen molar-refractivity contribution in [1.82, 2.24) is 19.4 Å². The number of rotatable bonds is 4. The van der Waals surface area contributed by atoms with Crippen LogP contribution in [0.15, 0.2) is 24.3 Å². The Morgan fingerprint density at radius 3 is 2.76 bits per heavy atom. The average molecular weight is 340 g/mol. The molecule has 0 bridgehead atoms. The van der Waals surface area contributed by atoms with Crippen molar-refractivity contribution in [3.8, 4) is 0 Å². The van der Waals surface area contributed by atoms with Crippen molar-refractivity contribution in [3.05, 3.63) is 30.1 Å². The van der Waals surface area contributed by atoms with E-state index in [0.29, 0.717) is 5.92 Å². The maximum Gasteiger partial charge on any atom is 0.219 e. The third-order valence-corrected chi connectivity index (χ3v) is 5.70. The molecule has 134 valence electrons. The van der Waals surface area contributed by atoms with Crippen LogP contribution in [0.1, 0.15) is 38.4 Å². The van der Waals surface area contributed by atoms with Crippen LogP contribution in [0.5, 0.6) is 0 Å². The number of carbonyl (C=O) groups excluding carboxylic acids is 1. The minimum atomic E-state index is 0.206. The molecule has 0 saturated carbocycles. The molecule has 1 atom stereocenters. The lowest BCUT2D eigenvalue weighted by molar-refractivity contribution is -0.130. The van der Waals surface area contributed by atoms with E-state index in [1.165, 1.54) is 43.7 Å². The highest BCUT2D eigenvalue weighted by atomic mass is 16.2. The summed E-state index contributed by atoms with van der Waals surface area (Å²) in [6.07, 6.45) is 4.91. The predicted octanol–water partition coefficient (Wildman–Crippen LogP) is 2.89. The highest BCUT2D eigenvalue weighted by molar-refractivity contribution is 5.76. The first kappa shape index (κ1) is 16.6. The number of likely N-dealkylation sites (tertiary alicyclic amines) is 2. The number of nitrogens with zero attached hydrogens (tertiary/aromatic N) is 4. The number of piperidine rings is 1. The summed E-state index contributed by atoms with van der Waals surface area (Å²) in [5.74, 6) is 1.91. The zero-order valence-corrected chi connectivity index (χ0v) is 15.2. The molecule has 25 heavy (non-hydrogen) atoms. The van der Waals surface area contributed by atoms with Gasteiger partial charge in [-0.15, -0.1) is 0 Å². The Labute approximate surface area is 149 Å². The molecule has 5 heteroatoms. The highest BCUT2D eigenvalue weighted by Crippen LogP contribution is 2.24. The van der Waals surface area contributed by atoms with Gasteiger partial charge in [0.2, 0.25) is 5.91 Å². The van der Waals surface area contributed by atoms with Gasteiger partial charge in [-0.2, -0.15) is 0 Å². The maximum absolute atomic E-state index is 11.8. The Morgan fingerprint density at radius 2 is 1.96 bits per heavy atom. The molecule has 5 nitrogen and oxygen atoms in total. The Balaban J connectivity index is 1.59. The first-order chi connectivity index (χ1) is 12.2. The van der Waals surface area contributed by atoms with Gasteiger partial charge in [-0.3, -0.25) is 9.69 Å². The number of hydrogen-bond donors (Lipinski definition) is 0. The van der Waals surface area contributed by atoms with Crippen molar-refractivity contribution >= 4 is 16.9 Å². The van der Waals surface area contributed by atoms with Crippen molar-refractivity contribution in [2.24, 2.45) is 5.92 Å². The van der Waals surface area contributed by atoms with Crippen LogP contribution in [-0.4, -0.2) is 51.4 Å². The van der Waals surface area contributed by atoms with Crippen LogP contribution < -0.4 is 0 Å². The molecule has 2 aliphatic rings. The minimum Gasteiger partial charge on any atom is -0.343 e. The van der Waals surface area contributed by atoms with Crippen molar-refractivity contribution in [2.45, 2.75) is 45.7 Å². The lowest BCUT2D eigenvalue weighted by Gasteiger charge is -2.32. The average Bonchev–Trinajstić information content (AvgIpc) is 3.24. The normalized spacial score (nSPS) is 22.0. The van der Waals surface area contributed by atoms with Crippen LogP contribution >= 0.6 is 0 Å². The molecule has 0 spiro atoms. The summed E-state index contributed by atoms with van der Waals surface area (Å²) >= 11 is 0. The molecule has 0 radical (unpaired) electrons. The molecule has 1 amide bonds. The third-order valence-electron chi connectivity index (χ3n) is 5.70. The monoisotopic (exact) mass is 340 g/mol. The topological polar surface area (TPSA) is 41.4 Å². The molecule has 3 heterocycles. The minimum absolute atomic E-state index is 0.206. The van der Waals surface area contributed by atoms with Gasteiger partial charge in [0.1, 0.15) is 5.82 Å². The molecule has 2 saturated heterocycles. The van der Waals surface area contributed by atoms with Gasteiger partial charge in [0, 0.05) is 26.6 Å². The summed E-state index contributed by atoms with van der Waals surface area (Å²) in [6.45, 7) is 7.76. The quantitative estimate of drug-likeness (QED) is 0.859. The molecule has 0 N–H and O–H groups in total. The SMILES string of the molecule is CC(=O)N1CCCC(Cn2c(CN3CCCC3)nc3ccccc32)C1. The fraction of sp³-hybridized carbons (Fsp3) is 0.600. The van der Waals surface area contributed by atoms with Gasteiger partial charge >= 0.3 is 0 Å². The van der Waals surface area contributed by atoms with Crippen LogP contribution in [0.3, 0.4) is 0 Å². The zero-order chi connectivity index (χ0) is 17.2. The van der Waals surface area contributed by atoms with E-state index >= 15 is 0 Å². The number of fused-ring (bicyclic) bond motifs is 1. The Kier molecular flexibility index (Phi) is 4.75. The molecular weight excluding hydrogens is 312 g/mol. The largest absolute Gasteiger partial charge is 0.343 e. The van der Waals surface area contributed by atoms with E-state index in [2.05, 4.69) is 33.7 Å². The van der Waals surface area contributed by atoms with Gasteiger partial charge in [0.25, 0.3) is 0 Å². The van der Waals surface area contributed by atoms with E-state index in [4.69, 9.17) is 4.98 Å². The summed E-state index contributed by atoms with van der Waals surface area (Å²) in [7, 11) is 0. The standard InChI is InChI=1S/C20H28N4O/c1-16(25)23-12-6-7-17(13-23)14-24-19-9-3-2-8-18(19)21-20(24)15-22-10-4-5-11-22/h2-3,8-9,17H,4-7,10-15H2,1H3. The zero-order valence-electron chi connectivity index (χ0n) is 15.2. The number of benzene rings is 1. The van der Waals surface area contributed by atoms with E-state index in [9.17, 15) is 4.79 Å². The number of carbonyl (C=O) groups is 1. The molecule has 1 aromatic heterocycles. The smallest absolute Gasteiger partial charge is 0.219 e. The molecule has 2 aliphatic heterocycles. The lowest BCUT2D eigenvalue weighted by Crippen LogP contribution is -2.40. The second-order valence-electron chi connectivity index (χ2n) is 7.58. The number of hydrogen-bond acceptors (Lipinski definition) is 3. The Bertz CT molecular complexity index is 747. The van der Waals surface area contributed by atoms with Crippen molar-refractivity contribution in [1.29, 1.82) is 0 Å². The van der Waals surface area contributed by atoms with Crippen molar-refractivity contribution in [3.63, 3.8) is 0 Å². The molecule has 1 aromatic carbocycles. The van der Waals surface area contributed by atoms with E-state index < -0.39 is 0 Å². The molecule has 2 fully saturated rings. The highest BCUT2D eigenvalue weighted by Gasteiger charge is 2.24. The first-order valence-electron chi connectivity index (χ1n) is 9.63. The van der Waals surface area contributed by atoms with Gasteiger partial charge in [0.15, 0.2) is 0 Å². The second-order valence-corrected chi connectivity index (χ2v) is 7.58. The van der Waals surface area contributed by atoms with Crippen LogP contribution in [0.2, 0.25) is 0 Å². The predicted molar refractivity (Wildman–Crippen MR) is 99.2 cm³/mol. The van der Waals surface area contributed by atoms with Crippen LogP contribution in [-0.2, 0) is 17.9 Å². The van der Waals surface area contributed by atoms with E-state index in [1.807, 2.05) is 4.90 Å². The molecule has 4 rings (SSSR count). The summed E-state index contributed by atoms with van der Waals surface area (Å²) in [5, 5.41) is 0. The van der Waals surface area contributed by atoms with Gasteiger partial charge in [0.05, 0.1) is 17.6 Å². The summed E-state index contributed by atoms with van der Waals surface area (Å²) in [6, 6.07) is 8.46. The van der Waals surface area contributed by atoms with Gasteiger partial charge < -0.3 is 9.47 Å². The molecular formula is C20H28N4O.